The van der Waals surface area contributed by atoms with Crippen LogP contribution in [0, 0.1) is 5.41 Å². The van der Waals surface area contributed by atoms with E-state index in [9.17, 15) is 14.7 Å². The number of likely N-dealkylation sites (tertiary alicyclic amines) is 1. The molecule has 1 aliphatic rings. The fraction of sp³-hybridized carbons (Fsp3) is 0.333. The number of H-pyrrole nitrogens is 1. The maximum Gasteiger partial charge on any atom is 0.311 e. The summed E-state index contributed by atoms with van der Waals surface area (Å²) < 4.78 is 0. The molecular weight excluding hydrogens is 284 g/mol. The highest BCUT2D eigenvalue weighted by Gasteiger charge is 2.43. The van der Waals surface area contributed by atoms with Crippen LogP contribution >= 0.6 is 0 Å². The quantitative estimate of drug-likeness (QED) is 0.892. The molecule has 7 nitrogen and oxygen atoms in total. The first-order chi connectivity index (χ1) is 10.5. The second kappa shape index (κ2) is 5.25. The molecule has 0 spiro atoms. The number of amides is 1. The molecule has 2 aromatic rings. The molecule has 1 saturated heterocycles. The van der Waals surface area contributed by atoms with Crippen molar-refractivity contribution in [3.05, 3.63) is 36.0 Å². The lowest BCUT2D eigenvalue weighted by molar-refractivity contribution is -0.147. The number of nitrogens with zero attached hydrogens (tertiary/aromatic N) is 3. The molecule has 1 unspecified atom stereocenters. The normalized spacial score (nSPS) is 21.0. The summed E-state index contributed by atoms with van der Waals surface area (Å²) in [6, 6.07) is 9.29. The number of hydrogen-bond acceptors (Lipinski definition) is 4. The highest BCUT2D eigenvalue weighted by atomic mass is 16.4. The second-order valence-electron chi connectivity index (χ2n) is 5.73. The molecule has 1 fully saturated rings. The van der Waals surface area contributed by atoms with E-state index in [0.717, 1.165) is 5.56 Å². The Balaban J connectivity index is 1.86. The van der Waals surface area contributed by atoms with E-state index in [1.165, 1.54) is 4.90 Å². The molecule has 114 valence electrons. The number of aromatic nitrogens is 3. The largest absolute Gasteiger partial charge is 0.481 e. The van der Waals surface area contributed by atoms with E-state index in [4.69, 9.17) is 0 Å². The first kappa shape index (κ1) is 14.2. The average Bonchev–Trinajstić information content (AvgIpc) is 3.15. The van der Waals surface area contributed by atoms with Crippen LogP contribution < -0.4 is 0 Å². The number of aromatic amines is 1. The standard InChI is InChI=1S/C15H16N4O3/c1-15(14(21)22)7-8-19(9-15)13(20)12-11(16-18-17-12)10-5-3-2-4-6-10/h2-6H,7-9H2,1H3,(H,21,22)(H,16,17,18). The smallest absolute Gasteiger partial charge is 0.311 e. The van der Waals surface area contributed by atoms with Gasteiger partial charge in [-0.3, -0.25) is 9.59 Å². The van der Waals surface area contributed by atoms with Crippen LogP contribution in [-0.2, 0) is 4.79 Å². The Morgan fingerprint density at radius 3 is 2.64 bits per heavy atom. The van der Waals surface area contributed by atoms with E-state index in [2.05, 4.69) is 15.4 Å². The van der Waals surface area contributed by atoms with Gasteiger partial charge in [-0.1, -0.05) is 30.3 Å². The molecule has 1 aliphatic heterocycles. The van der Waals surface area contributed by atoms with Crippen molar-refractivity contribution in [2.75, 3.05) is 13.1 Å². The van der Waals surface area contributed by atoms with Crippen molar-refractivity contribution in [2.24, 2.45) is 5.41 Å². The minimum absolute atomic E-state index is 0.183. The molecule has 0 radical (unpaired) electrons. The molecule has 1 aromatic carbocycles. The molecule has 0 saturated carbocycles. The maximum atomic E-state index is 12.6. The molecule has 1 aromatic heterocycles. The Morgan fingerprint density at radius 1 is 1.27 bits per heavy atom. The van der Waals surface area contributed by atoms with Crippen LogP contribution in [0.15, 0.2) is 30.3 Å². The molecule has 0 bridgehead atoms. The monoisotopic (exact) mass is 300 g/mol. The molecule has 1 atom stereocenters. The van der Waals surface area contributed by atoms with E-state index < -0.39 is 11.4 Å². The van der Waals surface area contributed by atoms with Crippen LogP contribution in [-0.4, -0.2) is 50.4 Å². The zero-order chi connectivity index (χ0) is 15.7. The lowest BCUT2D eigenvalue weighted by Gasteiger charge is -2.19. The van der Waals surface area contributed by atoms with Crippen molar-refractivity contribution in [3.63, 3.8) is 0 Å². The van der Waals surface area contributed by atoms with Crippen molar-refractivity contribution < 1.29 is 14.7 Å². The summed E-state index contributed by atoms with van der Waals surface area (Å²) in [6.07, 6.45) is 0.437. The molecule has 3 rings (SSSR count). The van der Waals surface area contributed by atoms with Gasteiger partial charge >= 0.3 is 5.97 Å². The summed E-state index contributed by atoms with van der Waals surface area (Å²) in [5, 5.41) is 19.7. The highest BCUT2D eigenvalue weighted by Crippen LogP contribution is 2.31. The van der Waals surface area contributed by atoms with Crippen molar-refractivity contribution in [2.45, 2.75) is 13.3 Å². The third-order valence-corrected chi connectivity index (χ3v) is 4.07. The topological polar surface area (TPSA) is 99.2 Å². The van der Waals surface area contributed by atoms with Gasteiger partial charge < -0.3 is 10.0 Å². The van der Waals surface area contributed by atoms with Crippen LogP contribution in [0.3, 0.4) is 0 Å². The van der Waals surface area contributed by atoms with Gasteiger partial charge in [-0.05, 0) is 13.3 Å². The second-order valence-corrected chi connectivity index (χ2v) is 5.73. The van der Waals surface area contributed by atoms with Gasteiger partial charge in [-0.25, -0.2) is 0 Å². The Labute approximate surface area is 126 Å². The van der Waals surface area contributed by atoms with Crippen molar-refractivity contribution in [1.29, 1.82) is 0 Å². The Bertz CT molecular complexity index is 713. The van der Waals surface area contributed by atoms with E-state index in [-0.39, 0.29) is 18.1 Å². The molecule has 2 N–H and O–H groups in total. The third-order valence-electron chi connectivity index (χ3n) is 4.07. The van der Waals surface area contributed by atoms with Crippen LogP contribution in [0.1, 0.15) is 23.8 Å². The third kappa shape index (κ3) is 2.34. The SMILES string of the molecule is CC1(C(=O)O)CCN(C(=O)c2n[nH]nc2-c2ccccc2)C1. The van der Waals surface area contributed by atoms with Gasteiger partial charge in [0.2, 0.25) is 0 Å². The molecular formula is C15H16N4O3. The zero-order valence-electron chi connectivity index (χ0n) is 12.1. The average molecular weight is 300 g/mol. The van der Waals surface area contributed by atoms with Crippen LogP contribution in [0.2, 0.25) is 0 Å². The van der Waals surface area contributed by atoms with E-state index in [1.807, 2.05) is 30.3 Å². The Hall–Kier alpha value is -2.70. The number of carboxylic acid groups (broad SMARTS) is 1. The summed E-state index contributed by atoms with van der Waals surface area (Å²) in [4.78, 5) is 25.4. The predicted octanol–water partition coefficient (Wildman–Crippen LogP) is 1.41. The number of rotatable bonds is 3. The maximum absolute atomic E-state index is 12.6. The lowest BCUT2D eigenvalue weighted by Crippen LogP contribution is -2.35. The first-order valence-electron chi connectivity index (χ1n) is 7.00. The Morgan fingerprint density at radius 2 is 2.00 bits per heavy atom. The molecule has 1 amide bonds. The highest BCUT2D eigenvalue weighted by molar-refractivity contribution is 5.98. The van der Waals surface area contributed by atoms with Crippen LogP contribution in [0.4, 0.5) is 0 Å². The van der Waals surface area contributed by atoms with Crippen LogP contribution in [0.25, 0.3) is 11.3 Å². The van der Waals surface area contributed by atoms with Gasteiger partial charge in [-0.2, -0.15) is 15.4 Å². The van der Waals surface area contributed by atoms with Gasteiger partial charge in [-0.15, -0.1) is 0 Å². The van der Waals surface area contributed by atoms with E-state index in [0.29, 0.717) is 18.7 Å². The minimum Gasteiger partial charge on any atom is -0.481 e. The van der Waals surface area contributed by atoms with Crippen molar-refractivity contribution >= 4 is 11.9 Å². The lowest BCUT2D eigenvalue weighted by atomic mass is 9.90. The fourth-order valence-electron chi connectivity index (χ4n) is 2.64. The number of benzene rings is 1. The number of hydrogen-bond donors (Lipinski definition) is 2. The minimum atomic E-state index is -0.897. The first-order valence-corrected chi connectivity index (χ1v) is 7.00. The molecule has 7 heteroatoms. The number of carboxylic acids is 1. The van der Waals surface area contributed by atoms with Crippen molar-refractivity contribution in [3.8, 4) is 11.3 Å². The van der Waals surface area contributed by atoms with E-state index >= 15 is 0 Å². The summed E-state index contributed by atoms with van der Waals surface area (Å²) in [7, 11) is 0. The number of carbonyl (C=O) groups excluding carboxylic acids is 1. The van der Waals surface area contributed by atoms with E-state index in [1.54, 1.807) is 6.92 Å². The van der Waals surface area contributed by atoms with Gasteiger partial charge in [0.05, 0.1) is 5.41 Å². The van der Waals surface area contributed by atoms with Gasteiger partial charge in [0.25, 0.3) is 5.91 Å². The van der Waals surface area contributed by atoms with Gasteiger partial charge in [0.1, 0.15) is 5.69 Å². The van der Waals surface area contributed by atoms with Gasteiger partial charge in [0, 0.05) is 18.7 Å². The number of carbonyl (C=O) groups is 2. The molecule has 0 aliphatic carbocycles. The van der Waals surface area contributed by atoms with Crippen LogP contribution in [0.5, 0.6) is 0 Å². The Kier molecular flexibility index (Phi) is 3.40. The van der Waals surface area contributed by atoms with Crippen molar-refractivity contribution in [1.82, 2.24) is 20.3 Å². The molecule has 2 heterocycles. The molecule has 22 heavy (non-hydrogen) atoms. The summed E-state index contributed by atoms with van der Waals surface area (Å²) in [5.41, 5.74) is 0.599. The number of aliphatic carboxylic acids is 1. The summed E-state index contributed by atoms with van der Waals surface area (Å²) >= 11 is 0. The summed E-state index contributed by atoms with van der Waals surface area (Å²) in [5.74, 6) is -1.18. The van der Waals surface area contributed by atoms with Gasteiger partial charge in [0.15, 0.2) is 5.69 Å². The predicted molar refractivity (Wildman–Crippen MR) is 78.1 cm³/mol. The number of nitrogens with one attached hydrogen (secondary N) is 1. The fourth-order valence-corrected chi connectivity index (χ4v) is 2.64. The zero-order valence-corrected chi connectivity index (χ0v) is 12.1. The summed E-state index contributed by atoms with van der Waals surface area (Å²) in [6.45, 7) is 2.24.